The molecule has 0 aliphatic carbocycles. The Bertz CT molecular complexity index is 532. The second kappa shape index (κ2) is 6.71. The van der Waals surface area contributed by atoms with Crippen LogP contribution in [0.15, 0.2) is 18.2 Å². The Kier molecular flexibility index (Phi) is 5.52. The van der Waals surface area contributed by atoms with E-state index >= 15 is 0 Å². The summed E-state index contributed by atoms with van der Waals surface area (Å²) in [4.78, 5) is 11.6. The van der Waals surface area contributed by atoms with Crippen LogP contribution in [0, 0.1) is 17.1 Å². The van der Waals surface area contributed by atoms with E-state index in [9.17, 15) is 9.18 Å². The van der Waals surface area contributed by atoms with Crippen LogP contribution in [0.3, 0.4) is 0 Å². The minimum atomic E-state index is -0.634. The number of ether oxygens (including phenoxy) is 1. The molecule has 1 atom stereocenters. The van der Waals surface area contributed by atoms with E-state index in [1.807, 2.05) is 6.07 Å². The number of hydrogen-bond donors (Lipinski definition) is 0. The van der Waals surface area contributed by atoms with E-state index in [4.69, 9.17) is 21.6 Å². The minimum absolute atomic E-state index is 0.0857. The Hall–Kier alpha value is -1.60. The fourth-order valence-electron chi connectivity index (χ4n) is 1.73. The van der Waals surface area contributed by atoms with Crippen LogP contribution < -0.4 is 0 Å². The third kappa shape index (κ3) is 5.18. The van der Waals surface area contributed by atoms with Crippen molar-refractivity contribution in [3.05, 3.63) is 34.6 Å². The second-order valence-electron chi connectivity index (χ2n) is 5.47. The van der Waals surface area contributed by atoms with Gasteiger partial charge in [-0.15, -0.1) is 0 Å². The van der Waals surface area contributed by atoms with Crippen molar-refractivity contribution >= 4 is 17.6 Å². The number of esters is 1. The number of halogens is 2. The summed E-state index contributed by atoms with van der Waals surface area (Å²) in [7, 11) is 0. The summed E-state index contributed by atoms with van der Waals surface area (Å²) in [6, 6.07) is 5.91. The molecule has 0 bridgehead atoms. The molecule has 1 aromatic rings. The number of hydrogen-bond acceptors (Lipinski definition) is 3. The van der Waals surface area contributed by atoms with Crippen molar-refractivity contribution in [1.29, 1.82) is 5.26 Å². The first-order chi connectivity index (χ1) is 9.23. The first-order valence-electron chi connectivity index (χ1n) is 6.29. The topological polar surface area (TPSA) is 50.1 Å². The van der Waals surface area contributed by atoms with Gasteiger partial charge >= 0.3 is 5.97 Å². The van der Waals surface area contributed by atoms with Crippen LogP contribution in [-0.2, 0) is 9.53 Å². The summed E-state index contributed by atoms with van der Waals surface area (Å²) < 4.78 is 18.4. The van der Waals surface area contributed by atoms with Gasteiger partial charge in [-0.05, 0) is 51.0 Å². The molecule has 108 valence electrons. The number of rotatable bonds is 4. The van der Waals surface area contributed by atoms with Crippen molar-refractivity contribution in [1.82, 2.24) is 0 Å². The van der Waals surface area contributed by atoms with E-state index in [0.29, 0.717) is 10.6 Å². The van der Waals surface area contributed by atoms with E-state index in [1.165, 1.54) is 18.2 Å². The molecule has 1 rings (SSSR count). The Morgan fingerprint density at radius 3 is 2.70 bits per heavy atom. The molecule has 0 heterocycles. The van der Waals surface area contributed by atoms with Crippen molar-refractivity contribution in [2.24, 2.45) is 0 Å². The molecule has 0 aliphatic heterocycles. The highest BCUT2D eigenvalue weighted by Gasteiger charge is 2.20. The Morgan fingerprint density at radius 2 is 2.15 bits per heavy atom. The van der Waals surface area contributed by atoms with Crippen molar-refractivity contribution in [2.45, 2.75) is 45.1 Å². The van der Waals surface area contributed by atoms with Crippen molar-refractivity contribution < 1.29 is 13.9 Å². The number of nitriles is 1. The molecule has 1 aromatic carbocycles. The molecular weight excluding hydrogens is 281 g/mol. The summed E-state index contributed by atoms with van der Waals surface area (Å²) >= 11 is 5.96. The Labute approximate surface area is 123 Å². The molecule has 5 heteroatoms. The number of nitrogens with zero attached hydrogens (tertiary/aromatic N) is 1. The fraction of sp³-hybridized carbons (Fsp3) is 0.467. The van der Waals surface area contributed by atoms with Gasteiger partial charge in [-0.1, -0.05) is 11.6 Å². The van der Waals surface area contributed by atoms with Crippen LogP contribution in [-0.4, -0.2) is 11.6 Å². The van der Waals surface area contributed by atoms with Crippen LogP contribution in [0.5, 0.6) is 0 Å². The highest BCUT2D eigenvalue weighted by Crippen LogP contribution is 2.28. The SMILES string of the molecule is CC(C)(C)OC(=O)CCC(C#N)c1cc(F)ccc1Cl. The molecular formula is C15H17ClFNO2. The lowest BCUT2D eigenvalue weighted by Gasteiger charge is -2.20. The lowest BCUT2D eigenvalue weighted by molar-refractivity contribution is -0.154. The first-order valence-corrected chi connectivity index (χ1v) is 6.67. The first kappa shape index (κ1) is 16.5. The van der Waals surface area contributed by atoms with Gasteiger partial charge in [0.15, 0.2) is 0 Å². The van der Waals surface area contributed by atoms with E-state index in [0.717, 1.165) is 0 Å². The quantitative estimate of drug-likeness (QED) is 0.782. The molecule has 0 saturated carbocycles. The van der Waals surface area contributed by atoms with E-state index < -0.39 is 17.3 Å². The summed E-state index contributed by atoms with van der Waals surface area (Å²) in [6.07, 6.45) is 0.330. The van der Waals surface area contributed by atoms with E-state index in [2.05, 4.69) is 0 Å². The highest BCUT2D eigenvalue weighted by molar-refractivity contribution is 6.31. The molecule has 0 amide bonds. The van der Waals surface area contributed by atoms with E-state index in [-0.39, 0.29) is 18.8 Å². The largest absolute Gasteiger partial charge is 0.460 e. The van der Waals surface area contributed by atoms with Crippen molar-refractivity contribution in [2.75, 3.05) is 0 Å². The van der Waals surface area contributed by atoms with Gasteiger partial charge in [-0.25, -0.2) is 4.39 Å². The summed E-state index contributed by atoms with van der Waals surface area (Å²) in [6.45, 7) is 5.32. The maximum atomic E-state index is 13.2. The van der Waals surface area contributed by atoms with Gasteiger partial charge in [-0.3, -0.25) is 4.79 Å². The number of carbonyl (C=O) groups is 1. The van der Waals surface area contributed by atoms with Crippen LogP contribution in [0.2, 0.25) is 5.02 Å². The molecule has 0 saturated heterocycles. The Morgan fingerprint density at radius 1 is 1.50 bits per heavy atom. The average Bonchev–Trinajstić information content (AvgIpc) is 2.32. The zero-order valence-electron chi connectivity index (χ0n) is 11.7. The van der Waals surface area contributed by atoms with Gasteiger partial charge < -0.3 is 4.74 Å². The van der Waals surface area contributed by atoms with Crippen LogP contribution in [0.1, 0.15) is 45.1 Å². The molecule has 0 spiro atoms. The highest BCUT2D eigenvalue weighted by atomic mass is 35.5. The molecule has 0 aromatic heterocycles. The fourth-order valence-corrected chi connectivity index (χ4v) is 1.98. The molecule has 20 heavy (non-hydrogen) atoms. The normalized spacial score (nSPS) is 12.6. The van der Waals surface area contributed by atoms with Crippen LogP contribution in [0.4, 0.5) is 4.39 Å². The lowest BCUT2D eigenvalue weighted by Crippen LogP contribution is -2.24. The number of benzene rings is 1. The smallest absolute Gasteiger partial charge is 0.306 e. The minimum Gasteiger partial charge on any atom is -0.460 e. The third-order valence-electron chi connectivity index (χ3n) is 2.55. The average molecular weight is 298 g/mol. The van der Waals surface area contributed by atoms with Gasteiger partial charge in [-0.2, -0.15) is 5.26 Å². The van der Waals surface area contributed by atoms with Gasteiger partial charge in [0, 0.05) is 11.4 Å². The molecule has 0 fully saturated rings. The molecule has 0 N–H and O–H groups in total. The maximum Gasteiger partial charge on any atom is 0.306 e. The molecule has 1 unspecified atom stereocenters. The monoisotopic (exact) mass is 297 g/mol. The maximum absolute atomic E-state index is 13.2. The zero-order valence-corrected chi connectivity index (χ0v) is 12.5. The van der Waals surface area contributed by atoms with Gasteiger partial charge in [0.1, 0.15) is 11.4 Å². The van der Waals surface area contributed by atoms with Gasteiger partial charge in [0.2, 0.25) is 0 Å². The third-order valence-corrected chi connectivity index (χ3v) is 2.89. The summed E-state index contributed by atoms with van der Waals surface area (Å²) in [5.74, 6) is -1.47. The molecule has 3 nitrogen and oxygen atoms in total. The van der Waals surface area contributed by atoms with Crippen LogP contribution >= 0.6 is 11.6 Å². The summed E-state index contributed by atoms with van der Waals surface area (Å²) in [5, 5.41) is 9.48. The summed E-state index contributed by atoms with van der Waals surface area (Å²) in [5.41, 5.74) is -0.159. The lowest BCUT2D eigenvalue weighted by atomic mass is 9.95. The van der Waals surface area contributed by atoms with E-state index in [1.54, 1.807) is 20.8 Å². The molecule has 0 radical (unpaired) electrons. The van der Waals surface area contributed by atoms with Gasteiger partial charge in [0.25, 0.3) is 0 Å². The van der Waals surface area contributed by atoms with Crippen molar-refractivity contribution in [3.8, 4) is 6.07 Å². The molecule has 0 aliphatic rings. The predicted molar refractivity (Wildman–Crippen MR) is 74.8 cm³/mol. The zero-order chi connectivity index (χ0) is 15.3. The van der Waals surface area contributed by atoms with Gasteiger partial charge in [0.05, 0.1) is 12.0 Å². The standard InChI is InChI=1S/C15H17ClFNO2/c1-15(2,3)20-14(19)7-4-10(9-18)12-8-11(17)5-6-13(12)16/h5-6,8,10H,4,7H2,1-3H3. The van der Waals surface area contributed by atoms with Crippen molar-refractivity contribution in [3.63, 3.8) is 0 Å². The van der Waals surface area contributed by atoms with Crippen LogP contribution in [0.25, 0.3) is 0 Å². The number of carbonyl (C=O) groups excluding carboxylic acids is 1. The Balaban J connectivity index is 2.72. The predicted octanol–water partition coefficient (Wildman–Crippen LogP) is 4.21. The second-order valence-corrected chi connectivity index (χ2v) is 5.88.